The number of piperidine rings is 1. The molecule has 0 aromatic heterocycles. The van der Waals surface area contributed by atoms with Crippen LogP contribution < -0.4 is 5.32 Å². The molecule has 0 aliphatic carbocycles. The predicted octanol–water partition coefficient (Wildman–Crippen LogP) is 3.13. The van der Waals surface area contributed by atoms with Gasteiger partial charge >= 0.3 is 0 Å². The topological polar surface area (TPSA) is 15.3 Å². The molecule has 1 saturated heterocycles. The van der Waals surface area contributed by atoms with Crippen molar-refractivity contribution in [3.63, 3.8) is 0 Å². The molecule has 1 aliphatic rings. The van der Waals surface area contributed by atoms with Crippen LogP contribution in [0.4, 0.5) is 0 Å². The van der Waals surface area contributed by atoms with Gasteiger partial charge in [-0.1, -0.05) is 27.7 Å². The quantitative estimate of drug-likeness (QED) is 0.767. The summed E-state index contributed by atoms with van der Waals surface area (Å²) >= 11 is 0. The summed E-state index contributed by atoms with van der Waals surface area (Å²) in [7, 11) is 0. The molecule has 2 nitrogen and oxygen atoms in total. The molecule has 0 aromatic carbocycles. The van der Waals surface area contributed by atoms with Crippen molar-refractivity contribution < 1.29 is 0 Å². The minimum absolute atomic E-state index is 0.733. The van der Waals surface area contributed by atoms with Crippen molar-refractivity contribution in [2.45, 2.75) is 66.0 Å². The molecule has 17 heavy (non-hydrogen) atoms. The zero-order valence-electron chi connectivity index (χ0n) is 12.5. The van der Waals surface area contributed by atoms with Crippen LogP contribution in [0.1, 0.15) is 53.9 Å². The summed E-state index contributed by atoms with van der Waals surface area (Å²) in [4.78, 5) is 2.69. The van der Waals surface area contributed by atoms with Crippen molar-refractivity contribution in [1.82, 2.24) is 10.2 Å². The number of likely N-dealkylation sites (tertiary alicyclic amines) is 1. The van der Waals surface area contributed by atoms with E-state index >= 15 is 0 Å². The van der Waals surface area contributed by atoms with Crippen LogP contribution in [0.5, 0.6) is 0 Å². The molecule has 102 valence electrons. The van der Waals surface area contributed by atoms with E-state index in [0.717, 1.165) is 23.9 Å². The van der Waals surface area contributed by atoms with Gasteiger partial charge in [-0.25, -0.2) is 0 Å². The molecule has 2 heteroatoms. The van der Waals surface area contributed by atoms with Gasteiger partial charge in [0.25, 0.3) is 0 Å². The lowest BCUT2D eigenvalue weighted by atomic mass is 9.86. The second kappa shape index (κ2) is 7.38. The summed E-state index contributed by atoms with van der Waals surface area (Å²) in [6.07, 6.45) is 3.91. The molecule has 1 rings (SSSR count). The zero-order valence-corrected chi connectivity index (χ0v) is 12.5. The highest BCUT2D eigenvalue weighted by molar-refractivity contribution is 4.88. The van der Waals surface area contributed by atoms with Crippen LogP contribution in [0.15, 0.2) is 0 Å². The fourth-order valence-corrected chi connectivity index (χ4v) is 2.80. The summed E-state index contributed by atoms with van der Waals surface area (Å²) in [5.41, 5.74) is 0. The van der Waals surface area contributed by atoms with E-state index in [2.05, 4.69) is 44.8 Å². The number of rotatable bonds is 6. The van der Waals surface area contributed by atoms with Gasteiger partial charge in [0.05, 0.1) is 0 Å². The van der Waals surface area contributed by atoms with Gasteiger partial charge in [-0.2, -0.15) is 0 Å². The van der Waals surface area contributed by atoms with Gasteiger partial charge < -0.3 is 10.2 Å². The summed E-state index contributed by atoms with van der Waals surface area (Å²) in [5, 5.41) is 3.71. The molecule has 1 aliphatic heterocycles. The smallest absolute Gasteiger partial charge is 0.0120 e. The molecule has 1 heterocycles. The Labute approximate surface area is 108 Å². The first-order valence-corrected chi connectivity index (χ1v) is 7.53. The maximum Gasteiger partial charge on any atom is 0.0120 e. The standard InChI is InChI=1S/C15H32N2/c1-6-9-16-15-8-11-17(10-7-12(2)3)14(5)13(15)4/h12-16H,6-11H2,1-5H3. The van der Waals surface area contributed by atoms with Gasteiger partial charge in [-0.3, -0.25) is 0 Å². The number of nitrogens with zero attached hydrogens (tertiary/aromatic N) is 1. The second-order valence-electron chi connectivity index (χ2n) is 6.17. The average molecular weight is 240 g/mol. The molecular weight excluding hydrogens is 208 g/mol. The Morgan fingerprint density at radius 3 is 2.59 bits per heavy atom. The summed E-state index contributed by atoms with van der Waals surface area (Å²) in [5.74, 6) is 1.61. The Morgan fingerprint density at radius 2 is 2.00 bits per heavy atom. The van der Waals surface area contributed by atoms with Crippen molar-refractivity contribution in [3.05, 3.63) is 0 Å². The van der Waals surface area contributed by atoms with E-state index in [1.54, 1.807) is 0 Å². The predicted molar refractivity (Wildman–Crippen MR) is 76.4 cm³/mol. The van der Waals surface area contributed by atoms with Crippen LogP contribution >= 0.6 is 0 Å². The second-order valence-corrected chi connectivity index (χ2v) is 6.17. The fraction of sp³-hybridized carbons (Fsp3) is 1.00. The van der Waals surface area contributed by atoms with Gasteiger partial charge in [0.2, 0.25) is 0 Å². The molecule has 0 amide bonds. The first kappa shape index (κ1) is 15.0. The molecular formula is C15H32N2. The van der Waals surface area contributed by atoms with Crippen LogP contribution in [0.2, 0.25) is 0 Å². The monoisotopic (exact) mass is 240 g/mol. The Kier molecular flexibility index (Phi) is 6.50. The molecule has 0 bridgehead atoms. The van der Waals surface area contributed by atoms with E-state index in [0.29, 0.717) is 0 Å². The maximum absolute atomic E-state index is 3.71. The van der Waals surface area contributed by atoms with Crippen molar-refractivity contribution in [3.8, 4) is 0 Å². The lowest BCUT2D eigenvalue weighted by Gasteiger charge is -2.43. The first-order chi connectivity index (χ1) is 8.06. The fourth-order valence-electron chi connectivity index (χ4n) is 2.80. The third-order valence-corrected chi connectivity index (χ3v) is 4.35. The molecule has 3 atom stereocenters. The molecule has 0 radical (unpaired) electrons. The van der Waals surface area contributed by atoms with Crippen LogP contribution in [0.25, 0.3) is 0 Å². The van der Waals surface area contributed by atoms with Crippen LogP contribution in [-0.4, -0.2) is 36.6 Å². The Bertz CT molecular complexity index is 203. The zero-order chi connectivity index (χ0) is 12.8. The highest BCUT2D eigenvalue weighted by Gasteiger charge is 2.31. The average Bonchev–Trinajstić information content (AvgIpc) is 2.29. The van der Waals surface area contributed by atoms with Crippen molar-refractivity contribution in [1.29, 1.82) is 0 Å². The van der Waals surface area contributed by atoms with E-state index < -0.39 is 0 Å². The normalized spacial score (nSPS) is 31.1. The van der Waals surface area contributed by atoms with Crippen LogP contribution in [0, 0.1) is 11.8 Å². The Hall–Kier alpha value is -0.0800. The van der Waals surface area contributed by atoms with Gasteiger partial charge in [-0.15, -0.1) is 0 Å². The van der Waals surface area contributed by atoms with E-state index in [1.807, 2.05) is 0 Å². The minimum Gasteiger partial charge on any atom is -0.314 e. The first-order valence-electron chi connectivity index (χ1n) is 7.53. The van der Waals surface area contributed by atoms with Gasteiger partial charge in [0.1, 0.15) is 0 Å². The highest BCUT2D eigenvalue weighted by atomic mass is 15.2. The summed E-state index contributed by atoms with van der Waals surface area (Å²) < 4.78 is 0. The minimum atomic E-state index is 0.733. The third kappa shape index (κ3) is 4.59. The van der Waals surface area contributed by atoms with Crippen LogP contribution in [-0.2, 0) is 0 Å². The van der Waals surface area contributed by atoms with E-state index in [-0.39, 0.29) is 0 Å². The van der Waals surface area contributed by atoms with E-state index in [9.17, 15) is 0 Å². The van der Waals surface area contributed by atoms with Crippen LogP contribution in [0.3, 0.4) is 0 Å². The Balaban J connectivity index is 2.38. The van der Waals surface area contributed by atoms with E-state index in [1.165, 1.54) is 38.9 Å². The summed E-state index contributed by atoms with van der Waals surface area (Å²) in [6, 6.07) is 1.47. The SMILES string of the molecule is CCCNC1CCN(CCC(C)C)C(C)C1C. The van der Waals surface area contributed by atoms with Gasteiger partial charge in [0.15, 0.2) is 0 Å². The lowest BCUT2D eigenvalue weighted by Crippen LogP contribution is -2.53. The van der Waals surface area contributed by atoms with Crippen molar-refractivity contribution in [2.75, 3.05) is 19.6 Å². The highest BCUT2D eigenvalue weighted by Crippen LogP contribution is 2.24. The maximum atomic E-state index is 3.71. The number of hydrogen-bond donors (Lipinski definition) is 1. The van der Waals surface area contributed by atoms with Gasteiger partial charge in [-0.05, 0) is 57.7 Å². The third-order valence-electron chi connectivity index (χ3n) is 4.35. The van der Waals surface area contributed by atoms with Crippen molar-refractivity contribution >= 4 is 0 Å². The molecule has 3 unspecified atom stereocenters. The molecule has 0 spiro atoms. The molecule has 0 aromatic rings. The largest absolute Gasteiger partial charge is 0.314 e. The number of nitrogens with one attached hydrogen (secondary N) is 1. The Morgan fingerprint density at radius 1 is 1.29 bits per heavy atom. The number of hydrogen-bond acceptors (Lipinski definition) is 2. The van der Waals surface area contributed by atoms with E-state index in [4.69, 9.17) is 0 Å². The molecule has 1 fully saturated rings. The molecule has 1 N–H and O–H groups in total. The molecule has 0 saturated carbocycles. The van der Waals surface area contributed by atoms with Crippen molar-refractivity contribution in [2.24, 2.45) is 11.8 Å². The van der Waals surface area contributed by atoms with Gasteiger partial charge in [0, 0.05) is 12.1 Å². The lowest BCUT2D eigenvalue weighted by molar-refractivity contribution is 0.0808. The summed E-state index contributed by atoms with van der Waals surface area (Å²) in [6.45, 7) is 15.5.